The number of rotatable bonds is 4. The third-order valence-corrected chi connectivity index (χ3v) is 7.65. The van der Waals surface area contributed by atoms with E-state index in [9.17, 15) is 16.8 Å². The van der Waals surface area contributed by atoms with Crippen LogP contribution in [0.1, 0.15) is 0 Å². The Balaban J connectivity index is 2.50. The van der Waals surface area contributed by atoms with E-state index in [2.05, 4.69) is 6.58 Å². The summed E-state index contributed by atoms with van der Waals surface area (Å²) >= 11 is 11.4. The second kappa shape index (κ2) is 6.04. The van der Waals surface area contributed by atoms with Gasteiger partial charge in [0.1, 0.15) is 0 Å². The Morgan fingerprint density at radius 2 is 0.955 bits per heavy atom. The van der Waals surface area contributed by atoms with Crippen molar-refractivity contribution >= 4 is 42.9 Å². The lowest BCUT2D eigenvalue weighted by Crippen LogP contribution is -2.14. The van der Waals surface area contributed by atoms with Gasteiger partial charge in [-0.2, -0.15) is 0 Å². The van der Waals surface area contributed by atoms with Crippen molar-refractivity contribution in [1.82, 2.24) is 0 Å². The largest absolute Gasteiger partial charge is 0.218 e. The molecular weight excluding hydrogens is 367 g/mol. The van der Waals surface area contributed by atoms with E-state index < -0.39 is 23.9 Å². The zero-order valence-electron chi connectivity index (χ0n) is 11.0. The molecule has 0 N–H and O–H groups in total. The first-order chi connectivity index (χ1) is 10.2. The fourth-order valence-electron chi connectivity index (χ4n) is 1.63. The number of hydrogen-bond donors (Lipinski definition) is 0. The van der Waals surface area contributed by atoms with Crippen LogP contribution < -0.4 is 0 Å². The van der Waals surface area contributed by atoms with Gasteiger partial charge in [-0.25, -0.2) is 16.8 Å². The lowest BCUT2D eigenvalue weighted by molar-refractivity contribution is 0.595. The summed E-state index contributed by atoms with van der Waals surface area (Å²) in [6.07, 6.45) is 0. The van der Waals surface area contributed by atoms with E-state index in [0.717, 1.165) is 0 Å². The fourth-order valence-corrected chi connectivity index (χ4v) is 5.13. The number of sulfone groups is 2. The summed E-state index contributed by atoms with van der Waals surface area (Å²) in [5.74, 6) is 0. The summed E-state index contributed by atoms with van der Waals surface area (Å²) in [7, 11) is -8.49. The first kappa shape index (κ1) is 17.0. The summed E-state index contributed by atoms with van der Waals surface area (Å²) in [5.41, 5.74) is 0. The maximum absolute atomic E-state index is 12.4. The second-order valence-electron chi connectivity index (χ2n) is 4.29. The normalized spacial score (nSPS) is 12.1. The maximum atomic E-state index is 12.4. The van der Waals surface area contributed by atoms with Gasteiger partial charge >= 0.3 is 0 Å². The zero-order valence-corrected chi connectivity index (χ0v) is 14.2. The van der Waals surface area contributed by atoms with Crippen LogP contribution in [0.3, 0.4) is 0 Å². The monoisotopic (exact) mass is 376 g/mol. The van der Waals surface area contributed by atoms with E-state index in [1.165, 1.54) is 48.5 Å². The summed E-state index contributed by atoms with van der Waals surface area (Å²) in [5, 5.41) is 0.676. The van der Waals surface area contributed by atoms with Gasteiger partial charge in [0.2, 0.25) is 19.7 Å². The molecule has 0 radical (unpaired) electrons. The smallest absolute Gasteiger partial charge is 0.217 e. The molecule has 0 fully saturated rings. The van der Waals surface area contributed by atoms with Crippen molar-refractivity contribution in [2.75, 3.05) is 0 Å². The van der Waals surface area contributed by atoms with Gasteiger partial charge < -0.3 is 0 Å². The molecule has 0 unspecified atom stereocenters. The van der Waals surface area contributed by atoms with Crippen LogP contribution in [0.2, 0.25) is 10.0 Å². The lowest BCUT2D eigenvalue weighted by atomic mass is 10.4. The van der Waals surface area contributed by atoms with E-state index in [1.54, 1.807) is 0 Å². The molecular formula is C14H10Cl2O4S2. The Morgan fingerprint density at radius 3 is 1.23 bits per heavy atom. The summed E-state index contributed by atoms with van der Waals surface area (Å²) < 4.78 is 48.6. The van der Waals surface area contributed by atoms with E-state index in [0.29, 0.717) is 10.0 Å². The highest BCUT2D eigenvalue weighted by Crippen LogP contribution is 2.28. The topological polar surface area (TPSA) is 68.3 Å². The quantitative estimate of drug-likeness (QED) is 0.815. The molecule has 2 aromatic rings. The van der Waals surface area contributed by atoms with E-state index in [4.69, 9.17) is 23.2 Å². The van der Waals surface area contributed by atoms with E-state index in [-0.39, 0.29) is 9.79 Å². The van der Waals surface area contributed by atoms with Gasteiger partial charge in [0, 0.05) is 10.0 Å². The van der Waals surface area contributed by atoms with Gasteiger partial charge in [-0.3, -0.25) is 0 Å². The molecule has 4 nitrogen and oxygen atoms in total. The maximum Gasteiger partial charge on any atom is 0.217 e. The Hall–Kier alpha value is -1.34. The van der Waals surface area contributed by atoms with Crippen LogP contribution in [-0.2, 0) is 19.7 Å². The average molecular weight is 377 g/mol. The van der Waals surface area contributed by atoms with Crippen LogP contribution in [-0.4, -0.2) is 16.8 Å². The Bertz CT molecular complexity index is 836. The first-order valence-corrected chi connectivity index (χ1v) is 9.58. The van der Waals surface area contributed by atoms with Crippen molar-refractivity contribution < 1.29 is 16.8 Å². The van der Waals surface area contributed by atoms with Crippen LogP contribution in [0.4, 0.5) is 0 Å². The molecule has 0 aliphatic heterocycles. The molecule has 116 valence electrons. The molecule has 22 heavy (non-hydrogen) atoms. The summed E-state index contributed by atoms with van der Waals surface area (Å²) in [6.45, 7) is 3.25. The van der Waals surface area contributed by atoms with Crippen LogP contribution >= 0.6 is 23.2 Å². The fraction of sp³-hybridized carbons (Fsp3) is 0. The minimum absolute atomic E-state index is 0.195. The second-order valence-corrected chi connectivity index (χ2v) is 9.36. The molecule has 0 saturated heterocycles. The van der Waals surface area contributed by atoms with Crippen LogP contribution in [0, 0.1) is 0 Å². The van der Waals surface area contributed by atoms with Crippen molar-refractivity contribution in [2.24, 2.45) is 0 Å². The number of benzene rings is 2. The van der Waals surface area contributed by atoms with Gasteiger partial charge in [0.25, 0.3) is 0 Å². The third-order valence-electron chi connectivity index (χ3n) is 2.85. The van der Waals surface area contributed by atoms with Gasteiger partial charge in [0.05, 0.1) is 9.79 Å². The van der Waals surface area contributed by atoms with Gasteiger partial charge in [-0.1, -0.05) is 29.8 Å². The highest BCUT2D eigenvalue weighted by molar-refractivity contribution is 8.14. The molecule has 0 bridgehead atoms. The molecule has 0 saturated carbocycles. The van der Waals surface area contributed by atoms with Crippen molar-refractivity contribution in [3.05, 3.63) is 69.4 Å². The average Bonchev–Trinajstić information content (AvgIpc) is 2.47. The molecule has 0 aliphatic carbocycles. The molecule has 0 heterocycles. The molecule has 0 aliphatic rings. The zero-order chi connectivity index (χ0) is 16.5. The van der Waals surface area contributed by atoms with Gasteiger partial charge in [-0.05, 0) is 48.5 Å². The number of hydrogen-bond acceptors (Lipinski definition) is 4. The lowest BCUT2D eigenvalue weighted by Gasteiger charge is -2.09. The van der Waals surface area contributed by atoms with Crippen LogP contribution in [0.25, 0.3) is 0 Å². The summed E-state index contributed by atoms with van der Waals surface area (Å²) in [4.78, 5) is -0.390. The molecule has 8 heteroatoms. The van der Waals surface area contributed by atoms with Gasteiger partial charge in [0.15, 0.2) is 4.24 Å². The highest BCUT2D eigenvalue weighted by Gasteiger charge is 2.31. The van der Waals surface area contributed by atoms with E-state index >= 15 is 0 Å². The molecule has 2 aromatic carbocycles. The minimum Gasteiger partial charge on any atom is -0.218 e. The van der Waals surface area contributed by atoms with Gasteiger partial charge in [-0.15, -0.1) is 0 Å². The van der Waals surface area contributed by atoms with E-state index in [1.807, 2.05) is 0 Å². The molecule has 0 atom stereocenters. The van der Waals surface area contributed by atoms with Crippen LogP contribution in [0.5, 0.6) is 0 Å². The first-order valence-electron chi connectivity index (χ1n) is 5.86. The predicted molar refractivity (Wildman–Crippen MR) is 86.4 cm³/mol. The van der Waals surface area contributed by atoms with Crippen molar-refractivity contribution in [2.45, 2.75) is 9.79 Å². The van der Waals surface area contributed by atoms with Crippen LogP contribution in [0.15, 0.2) is 69.1 Å². The number of halogens is 2. The Kier molecular flexibility index (Phi) is 4.67. The third kappa shape index (κ3) is 3.20. The molecule has 2 rings (SSSR count). The van der Waals surface area contributed by atoms with Crippen molar-refractivity contribution in [1.29, 1.82) is 0 Å². The van der Waals surface area contributed by atoms with Crippen molar-refractivity contribution in [3.63, 3.8) is 0 Å². The Labute approximate surface area is 138 Å². The summed E-state index contributed by atoms with van der Waals surface area (Å²) in [6, 6.07) is 10.3. The van der Waals surface area contributed by atoms with Crippen molar-refractivity contribution in [3.8, 4) is 0 Å². The Morgan fingerprint density at radius 1 is 0.682 bits per heavy atom. The predicted octanol–water partition coefficient (Wildman–Crippen LogP) is 3.71. The molecule has 0 amide bonds. The molecule has 0 spiro atoms. The standard InChI is InChI=1S/C14H10Cl2O4S2/c1-10(21(17,18)13-6-2-11(15)3-7-13)22(19,20)14-8-4-12(16)5-9-14/h2-9H,1H2. The SMILES string of the molecule is C=C(S(=O)(=O)c1ccc(Cl)cc1)S(=O)(=O)c1ccc(Cl)cc1. The highest BCUT2D eigenvalue weighted by atomic mass is 35.5. The minimum atomic E-state index is -4.25. The molecule has 0 aromatic heterocycles.